The third-order valence-corrected chi connectivity index (χ3v) is 6.96. The third-order valence-electron chi connectivity index (χ3n) is 6.96. The van der Waals surface area contributed by atoms with Gasteiger partial charge in [0.25, 0.3) is 5.91 Å². The lowest BCUT2D eigenvalue weighted by atomic mass is 9.59. The van der Waals surface area contributed by atoms with Gasteiger partial charge in [-0.1, -0.05) is 0 Å². The summed E-state index contributed by atoms with van der Waals surface area (Å²) < 4.78 is 15.1. The second-order valence-electron chi connectivity index (χ2n) is 9.03. The summed E-state index contributed by atoms with van der Waals surface area (Å²) in [5.74, 6) is -9.96. The molecule has 1 unspecified atom stereocenters. The van der Waals surface area contributed by atoms with Crippen LogP contribution in [0.15, 0.2) is 29.3 Å². The lowest BCUT2D eigenvalue weighted by Gasteiger charge is -2.46. The van der Waals surface area contributed by atoms with Crippen LogP contribution in [0.4, 0.5) is 10.1 Å². The number of benzene rings is 1. The first-order chi connectivity index (χ1) is 17.4. The number of aromatic hydroxyl groups is 1. The molecule has 1 heterocycles. The molecule has 2 aromatic rings. The fourth-order valence-electron chi connectivity index (χ4n) is 5.32. The Hall–Kier alpha value is -4.66. The van der Waals surface area contributed by atoms with E-state index < -0.39 is 99.3 Å². The zero-order chi connectivity index (χ0) is 26.8. The third kappa shape index (κ3) is 3.46. The van der Waals surface area contributed by atoms with Crippen molar-refractivity contribution in [3.63, 3.8) is 0 Å². The molecule has 5 rings (SSSR count). The highest BCUT2D eigenvalue weighted by Gasteiger charge is 2.60. The van der Waals surface area contributed by atoms with Gasteiger partial charge in [-0.15, -0.1) is 10.2 Å². The summed E-state index contributed by atoms with van der Waals surface area (Å²) in [5.41, 5.74) is 0.00648. The van der Waals surface area contributed by atoms with E-state index in [-0.39, 0.29) is 18.4 Å². The van der Waals surface area contributed by atoms with Gasteiger partial charge < -0.3 is 31.5 Å². The van der Waals surface area contributed by atoms with Crippen LogP contribution in [0, 0.1) is 17.7 Å². The number of aliphatic hydroxyl groups is 3. The highest BCUT2D eigenvalue weighted by molar-refractivity contribution is 6.22. The number of anilines is 1. The van der Waals surface area contributed by atoms with Crippen LogP contribution < -0.4 is 11.1 Å². The Kier molecular flexibility index (Phi) is 5.33. The van der Waals surface area contributed by atoms with Crippen molar-refractivity contribution in [2.45, 2.75) is 31.4 Å². The number of fused-ring (bicyclic) bond motifs is 3. The van der Waals surface area contributed by atoms with Crippen molar-refractivity contribution in [3.8, 4) is 5.75 Å². The molecule has 0 saturated heterocycles. The number of hydrogen-bond acceptors (Lipinski definition) is 11. The van der Waals surface area contributed by atoms with Gasteiger partial charge in [0.05, 0.1) is 11.3 Å². The van der Waals surface area contributed by atoms with Gasteiger partial charge in [0.2, 0.25) is 11.7 Å². The molecule has 2 amide bonds. The minimum absolute atomic E-state index is 0.132. The summed E-state index contributed by atoms with van der Waals surface area (Å²) in [4.78, 5) is 50.7. The molecule has 0 bridgehead atoms. The summed E-state index contributed by atoms with van der Waals surface area (Å²) in [5, 5.41) is 56.5. The molecule has 0 aliphatic heterocycles. The smallest absolute Gasteiger partial charge is 0.255 e. The van der Waals surface area contributed by atoms with Gasteiger partial charge in [0.1, 0.15) is 29.5 Å². The molecule has 0 spiro atoms. The van der Waals surface area contributed by atoms with E-state index in [2.05, 4.69) is 20.7 Å². The average Bonchev–Trinajstić information content (AvgIpc) is 3.32. The predicted octanol–water partition coefficient (Wildman–Crippen LogP) is -0.812. The maximum atomic E-state index is 15.1. The number of ketones is 2. The number of hydrogen-bond donors (Lipinski definition) is 6. The molecule has 1 fully saturated rings. The SMILES string of the molecule is NC(=O)C1=C(O)[C@@]2(O)C(=O)C3=C(O)c4c(O)c(NC(=O)Cn5ncnn5)cc(F)c4CC3C[C@H]2CC1=O. The molecule has 37 heavy (non-hydrogen) atoms. The van der Waals surface area contributed by atoms with E-state index in [9.17, 15) is 39.6 Å². The average molecular weight is 514 g/mol. The summed E-state index contributed by atoms with van der Waals surface area (Å²) in [6.45, 7) is -0.424. The van der Waals surface area contributed by atoms with Crippen LogP contribution in [-0.2, 0) is 32.1 Å². The van der Waals surface area contributed by atoms with Crippen molar-refractivity contribution in [2.75, 3.05) is 5.32 Å². The topological polar surface area (TPSA) is 231 Å². The van der Waals surface area contributed by atoms with E-state index in [1.54, 1.807) is 0 Å². The molecule has 192 valence electrons. The van der Waals surface area contributed by atoms with Crippen molar-refractivity contribution >= 4 is 34.8 Å². The molecule has 15 heteroatoms. The number of phenolic OH excluding ortho intramolecular Hbond substituents is 1. The number of amides is 2. The number of primary amides is 1. The van der Waals surface area contributed by atoms with Gasteiger partial charge in [-0.3, -0.25) is 19.2 Å². The van der Waals surface area contributed by atoms with E-state index in [1.807, 2.05) is 0 Å². The minimum Gasteiger partial charge on any atom is -0.508 e. The van der Waals surface area contributed by atoms with Crippen molar-refractivity contribution < 1.29 is 44.0 Å². The maximum Gasteiger partial charge on any atom is 0.255 e. The predicted molar refractivity (Wildman–Crippen MR) is 118 cm³/mol. The molecule has 14 nitrogen and oxygen atoms in total. The molecule has 1 aromatic carbocycles. The molecule has 3 aliphatic rings. The standard InChI is InChI=1S/C22H19FN6O8/c23-10-4-11(27-13(31)5-29-26-6-25-28-29)17(32)15-9(10)2-7-1-8-3-12(30)16(21(24)36)20(35)22(8,37)19(34)14(7)18(15)33/h4,6-8,32-33,35,37H,1-3,5H2,(H2,24,36)(H,27,31)/t7?,8-,22-/m0/s1. The molecular formula is C22H19FN6O8. The summed E-state index contributed by atoms with van der Waals surface area (Å²) in [6.07, 6.45) is 0.268. The Morgan fingerprint density at radius 1 is 1.24 bits per heavy atom. The lowest BCUT2D eigenvalue weighted by Crippen LogP contribution is -2.58. The van der Waals surface area contributed by atoms with Gasteiger partial charge in [-0.25, -0.2) is 4.39 Å². The number of nitrogens with two attached hydrogens (primary N) is 1. The molecule has 1 saturated carbocycles. The molecule has 1 aromatic heterocycles. The Balaban J connectivity index is 1.58. The van der Waals surface area contributed by atoms with Gasteiger partial charge in [0, 0.05) is 29.5 Å². The number of halogens is 1. The van der Waals surface area contributed by atoms with E-state index in [0.717, 1.165) is 17.2 Å². The number of Topliss-reactive ketones (excluding diaryl/α,β-unsaturated/α-hetero) is 2. The molecular weight excluding hydrogens is 495 g/mol. The quantitative estimate of drug-likeness (QED) is 0.218. The Bertz CT molecular complexity index is 1470. The highest BCUT2D eigenvalue weighted by Crippen LogP contribution is 2.53. The zero-order valence-corrected chi connectivity index (χ0v) is 18.8. The van der Waals surface area contributed by atoms with E-state index in [4.69, 9.17) is 5.73 Å². The maximum absolute atomic E-state index is 15.1. The normalized spacial score (nSPS) is 24.9. The Labute approximate surface area is 205 Å². The van der Waals surface area contributed by atoms with Gasteiger partial charge in [0.15, 0.2) is 23.5 Å². The first-order valence-corrected chi connectivity index (χ1v) is 11.0. The fourth-order valence-corrected chi connectivity index (χ4v) is 5.32. The monoisotopic (exact) mass is 514 g/mol. The number of carbonyl (C=O) groups excluding carboxylic acids is 4. The largest absolute Gasteiger partial charge is 0.508 e. The van der Waals surface area contributed by atoms with Crippen LogP contribution in [0.3, 0.4) is 0 Å². The first-order valence-electron chi connectivity index (χ1n) is 11.0. The van der Waals surface area contributed by atoms with Crippen molar-refractivity contribution in [2.24, 2.45) is 17.6 Å². The van der Waals surface area contributed by atoms with Crippen LogP contribution in [0.1, 0.15) is 24.0 Å². The molecule has 3 aliphatic carbocycles. The van der Waals surface area contributed by atoms with E-state index >= 15 is 4.39 Å². The Morgan fingerprint density at radius 3 is 2.62 bits per heavy atom. The van der Waals surface area contributed by atoms with Gasteiger partial charge in [-0.2, -0.15) is 4.80 Å². The number of phenols is 1. The fraction of sp³-hybridized carbons (Fsp3) is 0.318. The Morgan fingerprint density at radius 2 is 1.97 bits per heavy atom. The van der Waals surface area contributed by atoms with Crippen LogP contribution in [0.2, 0.25) is 0 Å². The van der Waals surface area contributed by atoms with Crippen molar-refractivity contribution in [1.29, 1.82) is 0 Å². The molecule has 0 radical (unpaired) electrons. The number of nitrogens with zero attached hydrogens (tertiary/aromatic N) is 4. The van der Waals surface area contributed by atoms with Crippen LogP contribution in [-0.4, -0.2) is 69.6 Å². The summed E-state index contributed by atoms with van der Waals surface area (Å²) in [7, 11) is 0. The number of aliphatic hydroxyl groups excluding tert-OH is 2. The summed E-state index contributed by atoms with van der Waals surface area (Å²) >= 11 is 0. The van der Waals surface area contributed by atoms with Crippen LogP contribution in [0.5, 0.6) is 5.75 Å². The highest BCUT2D eigenvalue weighted by atomic mass is 19.1. The number of nitrogens with one attached hydrogen (secondary N) is 1. The minimum atomic E-state index is -2.74. The van der Waals surface area contributed by atoms with Gasteiger partial charge >= 0.3 is 0 Å². The van der Waals surface area contributed by atoms with Crippen LogP contribution >= 0.6 is 0 Å². The molecule has 7 N–H and O–H groups in total. The number of carbonyl (C=O) groups is 4. The second kappa shape index (κ2) is 8.19. The molecule has 3 atom stereocenters. The van der Waals surface area contributed by atoms with Crippen molar-refractivity contribution in [3.05, 3.63) is 46.2 Å². The van der Waals surface area contributed by atoms with Crippen molar-refractivity contribution in [1.82, 2.24) is 20.2 Å². The number of tetrazole rings is 1. The van der Waals surface area contributed by atoms with E-state index in [1.165, 1.54) is 0 Å². The number of aromatic nitrogens is 4. The van der Waals surface area contributed by atoms with Crippen LogP contribution in [0.25, 0.3) is 5.76 Å². The van der Waals surface area contributed by atoms with E-state index in [0.29, 0.717) is 0 Å². The van der Waals surface area contributed by atoms with Gasteiger partial charge in [-0.05, 0) is 24.0 Å². The zero-order valence-electron chi connectivity index (χ0n) is 18.8. The second-order valence-corrected chi connectivity index (χ2v) is 9.03. The first kappa shape index (κ1) is 24.1. The summed E-state index contributed by atoms with van der Waals surface area (Å²) in [6, 6.07) is 0.845. The lowest BCUT2D eigenvalue weighted by molar-refractivity contribution is -0.147. The number of rotatable bonds is 4.